The SMILES string of the molecule is Cc1ccc(Cl)cc1-n1c(C)cn2c3c(=O)n(CCN4CCCCC4)c(=O)n(C)c3nc12. The highest BCUT2D eigenvalue weighted by molar-refractivity contribution is 6.30. The summed E-state index contributed by atoms with van der Waals surface area (Å²) >= 11 is 6.26. The first-order chi connectivity index (χ1) is 15.4. The Balaban J connectivity index is 1.69. The lowest BCUT2D eigenvalue weighted by atomic mass is 10.1. The Labute approximate surface area is 190 Å². The van der Waals surface area contributed by atoms with Crippen LogP contribution in [0.3, 0.4) is 0 Å². The van der Waals surface area contributed by atoms with Gasteiger partial charge in [0.05, 0.1) is 5.69 Å². The van der Waals surface area contributed by atoms with Crippen LogP contribution in [0.4, 0.5) is 0 Å². The van der Waals surface area contributed by atoms with Gasteiger partial charge in [-0.3, -0.25) is 22.9 Å². The summed E-state index contributed by atoms with van der Waals surface area (Å²) in [4.78, 5) is 33.5. The average Bonchev–Trinajstić information content (AvgIpc) is 3.29. The summed E-state index contributed by atoms with van der Waals surface area (Å²) in [5.74, 6) is 0.587. The van der Waals surface area contributed by atoms with Crippen LogP contribution in [0.5, 0.6) is 0 Å². The molecular formula is C23H27ClN6O2. The highest BCUT2D eigenvalue weighted by Crippen LogP contribution is 2.25. The fourth-order valence-corrected chi connectivity index (χ4v) is 4.92. The molecule has 0 bridgehead atoms. The molecule has 168 valence electrons. The van der Waals surface area contributed by atoms with E-state index in [9.17, 15) is 9.59 Å². The average molecular weight is 455 g/mol. The number of fused-ring (bicyclic) bond motifs is 3. The van der Waals surface area contributed by atoms with E-state index in [1.807, 2.05) is 42.8 Å². The maximum atomic E-state index is 13.5. The zero-order chi connectivity index (χ0) is 22.6. The number of halogens is 1. The van der Waals surface area contributed by atoms with Crippen molar-refractivity contribution in [3.63, 3.8) is 0 Å². The Kier molecular flexibility index (Phi) is 5.22. The Hall–Kier alpha value is -2.84. The molecule has 3 aromatic heterocycles. The lowest BCUT2D eigenvalue weighted by Crippen LogP contribution is -2.43. The van der Waals surface area contributed by atoms with Crippen molar-refractivity contribution in [2.75, 3.05) is 19.6 Å². The van der Waals surface area contributed by atoms with Gasteiger partial charge in [0.1, 0.15) is 0 Å². The molecule has 0 N–H and O–H groups in total. The van der Waals surface area contributed by atoms with E-state index in [4.69, 9.17) is 16.6 Å². The van der Waals surface area contributed by atoms with Crippen molar-refractivity contribution < 1.29 is 0 Å². The Morgan fingerprint density at radius 3 is 2.56 bits per heavy atom. The highest BCUT2D eigenvalue weighted by Gasteiger charge is 2.22. The van der Waals surface area contributed by atoms with Gasteiger partial charge in [0.2, 0.25) is 5.78 Å². The predicted octanol–water partition coefficient (Wildman–Crippen LogP) is 2.89. The number of hydrogen-bond donors (Lipinski definition) is 0. The topological polar surface area (TPSA) is 69.5 Å². The third-order valence-corrected chi connectivity index (χ3v) is 6.76. The van der Waals surface area contributed by atoms with Crippen LogP contribution in [0.15, 0.2) is 34.0 Å². The van der Waals surface area contributed by atoms with Crippen molar-refractivity contribution in [2.45, 2.75) is 39.7 Å². The second-order valence-corrected chi connectivity index (χ2v) is 9.13. The van der Waals surface area contributed by atoms with Crippen LogP contribution >= 0.6 is 11.6 Å². The van der Waals surface area contributed by atoms with Crippen molar-refractivity contribution in [3.05, 3.63) is 61.5 Å². The summed E-state index contributed by atoms with van der Waals surface area (Å²) in [5.41, 5.74) is 3.04. The van der Waals surface area contributed by atoms with Gasteiger partial charge in [-0.1, -0.05) is 24.1 Å². The van der Waals surface area contributed by atoms with Crippen molar-refractivity contribution in [1.29, 1.82) is 0 Å². The molecule has 0 atom stereocenters. The van der Waals surface area contributed by atoms with Crippen molar-refractivity contribution in [3.8, 4) is 5.69 Å². The minimum absolute atomic E-state index is 0.299. The molecule has 4 heterocycles. The smallest absolute Gasteiger partial charge is 0.302 e. The fourth-order valence-electron chi connectivity index (χ4n) is 4.75. The quantitative estimate of drug-likeness (QED) is 0.475. The van der Waals surface area contributed by atoms with Gasteiger partial charge in [0, 0.05) is 37.1 Å². The summed E-state index contributed by atoms with van der Waals surface area (Å²) in [6.45, 7) is 7.10. The number of hydrogen-bond acceptors (Lipinski definition) is 4. The first-order valence-corrected chi connectivity index (χ1v) is 11.4. The number of benzene rings is 1. The van der Waals surface area contributed by atoms with E-state index < -0.39 is 0 Å². The lowest BCUT2D eigenvalue weighted by molar-refractivity contribution is 0.218. The number of rotatable bonds is 4. The van der Waals surface area contributed by atoms with Crippen LogP contribution in [0, 0.1) is 13.8 Å². The molecule has 1 aromatic carbocycles. The van der Waals surface area contributed by atoms with Gasteiger partial charge in [-0.05, 0) is 57.5 Å². The van der Waals surface area contributed by atoms with Gasteiger partial charge in [-0.2, -0.15) is 4.98 Å². The van der Waals surface area contributed by atoms with E-state index in [0.29, 0.717) is 35.1 Å². The van der Waals surface area contributed by atoms with E-state index in [1.165, 1.54) is 28.4 Å². The number of piperidine rings is 1. The molecule has 0 amide bonds. The Morgan fingerprint density at radius 1 is 1.06 bits per heavy atom. The van der Waals surface area contributed by atoms with E-state index in [2.05, 4.69) is 4.90 Å². The molecule has 0 spiro atoms. The van der Waals surface area contributed by atoms with E-state index >= 15 is 0 Å². The summed E-state index contributed by atoms with van der Waals surface area (Å²) in [5, 5.41) is 0.625. The number of aryl methyl sites for hydroxylation is 3. The molecule has 8 nitrogen and oxygen atoms in total. The zero-order valence-electron chi connectivity index (χ0n) is 18.6. The summed E-state index contributed by atoms with van der Waals surface area (Å²) in [6, 6.07) is 5.70. The van der Waals surface area contributed by atoms with E-state index in [-0.39, 0.29) is 11.2 Å². The first-order valence-electron chi connectivity index (χ1n) is 11.1. The Morgan fingerprint density at radius 2 is 1.81 bits per heavy atom. The number of likely N-dealkylation sites (tertiary alicyclic amines) is 1. The van der Waals surface area contributed by atoms with Gasteiger partial charge in [0.25, 0.3) is 5.56 Å². The fraction of sp³-hybridized carbons (Fsp3) is 0.435. The minimum Gasteiger partial charge on any atom is -0.302 e. The molecule has 9 heteroatoms. The van der Waals surface area contributed by atoms with Crippen LogP contribution in [0.1, 0.15) is 30.5 Å². The molecule has 4 aromatic rings. The molecular weight excluding hydrogens is 428 g/mol. The number of nitrogens with zero attached hydrogens (tertiary/aromatic N) is 6. The number of aromatic nitrogens is 5. The molecule has 32 heavy (non-hydrogen) atoms. The third kappa shape index (κ3) is 3.29. The maximum absolute atomic E-state index is 13.5. The second kappa shape index (κ2) is 7.94. The second-order valence-electron chi connectivity index (χ2n) is 8.69. The predicted molar refractivity (Wildman–Crippen MR) is 126 cm³/mol. The third-order valence-electron chi connectivity index (χ3n) is 6.53. The van der Waals surface area contributed by atoms with Gasteiger partial charge in [-0.15, -0.1) is 0 Å². The molecule has 1 aliphatic heterocycles. The molecule has 0 radical (unpaired) electrons. The maximum Gasteiger partial charge on any atom is 0.332 e. The van der Waals surface area contributed by atoms with Gasteiger partial charge >= 0.3 is 5.69 Å². The van der Waals surface area contributed by atoms with E-state index in [0.717, 1.165) is 30.0 Å². The van der Waals surface area contributed by atoms with Crippen LogP contribution in [0.25, 0.3) is 22.6 Å². The summed E-state index contributed by atoms with van der Waals surface area (Å²) < 4.78 is 6.60. The van der Waals surface area contributed by atoms with Crippen LogP contribution < -0.4 is 11.2 Å². The van der Waals surface area contributed by atoms with E-state index in [1.54, 1.807) is 11.4 Å². The van der Waals surface area contributed by atoms with Gasteiger partial charge < -0.3 is 4.90 Å². The van der Waals surface area contributed by atoms with Crippen LogP contribution in [-0.2, 0) is 13.6 Å². The summed E-state index contributed by atoms with van der Waals surface area (Å²) in [7, 11) is 1.68. The van der Waals surface area contributed by atoms with Gasteiger partial charge in [-0.25, -0.2) is 4.79 Å². The molecule has 0 unspecified atom stereocenters. The van der Waals surface area contributed by atoms with Crippen molar-refractivity contribution in [1.82, 2.24) is 28.0 Å². The van der Waals surface area contributed by atoms with Crippen LogP contribution in [-0.4, -0.2) is 47.6 Å². The molecule has 1 saturated heterocycles. The minimum atomic E-state index is -0.331. The zero-order valence-corrected chi connectivity index (χ0v) is 19.4. The highest BCUT2D eigenvalue weighted by atomic mass is 35.5. The molecule has 0 saturated carbocycles. The molecule has 1 aliphatic rings. The van der Waals surface area contributed by atoms with Crippen molar-refractivity contribution in [2.24, 2.45) is 7.05 Å². The first kappa shape index (κ1) is 21.0. The van der Waals surface area contributed by atoms with Crippen LogP contribution in [0.2, 0.25) is 5.02 Å². The largest absolute Gasteiger partial charge is 0.332 e. The normalized spacial score (nSPS) is 15.2. The van der Waals surface area contributed by atoms with Gasteiger partial charge in [0.15, 0.2) is 11.2 Å². The number of imidazole rings is 2. The molecule has 0 aliphatic carbocycles. The Bertz CT molecular complexity index is 1450. The molecule has 5 rings (SSSR count). The lowest BCUT2D eigenvalue weighted by Gasteiger charge is -2.26. The summed E-state index contributed by atoms with van der Waals surface area (Å²) in [6.07, 6.45) is 5.49. The standard InChI is InChI=1S/C23H27ClN6O2/c1-15-7-8-17(24)13-18(15)30-16(2)14-29-19-20(25-22(29)30)26(3)23(32)28(21(19)31)12-11-27-9-5-4-6-10-27/h7-8,13-14H,4-6,9-12H2,1-3H3. The molecule has 1 fully saturated rings. The monoisotopic (exact) mass is 454 g/mol. The van der Waals surface area contributed by atoms with Crippen molar-refractivity contribution >= 4 is 28.5 Å².